The SMILES string of the molecule is CCNC(=O)C(Cc1ccccc1)N(Cc1ccc(Cl)cc1)C(=O)CCCOc1ccc(C)cc1. The second-order valence-electron chi connectivity index (χ2n) is 8.51. The number of carbonyl (C=O) groups is 2. The molecule has 0 bridgehead atoms. The lowest BCUT2D eigenvalue weighted by molar-refractivity contribution is -0.141. The summed E-state index contributed by atoms with van der Waals surface area (Å²) in [7, 11) is 0. The van der Waals surface area contributed by atoms with E-state index < -0.39 is 6.04 Å². The van der Waals surface area contributed by atoms with Crippen LogP contribution >= 0.6 is 11.6 Å². The summed E-state index contributed by atoms with van der Waals surface area (Å²) in [6, 6.07) is 24.4. The van der Waals surface area contributed by atoms with Gasteiger partial charge in [-0.25, -0.2) is 0 Å². The average Bonchev–Trinajstić information content (AvgIpc) is 2.87. The molecule has 0 aliphatic heterocycles. The summed E-state index contributed by atoms with van der Waals surface area (Å²) < 4.78 is 5.80. The minimum atomic E-state index is -0.626. The fourth-order valence-corrected chi connectivity index (χ4v) is 3.95. The van der Waals surface area contributed by atoms with Crippen LogP contribution in [0.3, 0.4) is 0 Å². The Morgan fingerprint density at radius 3 is 2.29 bits per heavy atom. The molecule has 1 N–H and O–H groups in total. The first kappa shape index (κ1) is 26.3. The van der Waals surface area contributed by atoms with Gasteiger partial charge in [0, 0.05) is 31.0 Å². The van der Waals surface area contributed by atoms with E-state index in [0.717, 1.165) is 16.9 Å². The Balaban J connectivity index is 1.75. The summed E-state index contributed by atoms with van der Waals surface area (Å²) >= 11 is 6.06. The first-order valence-electron chi connectivity index (χ1n) is 12.0. The molecule has 0 heterocycles. The van der Waals surface area contributed by atoms with Crippen molar-refractivity contribution in [2.24, 2.45) is 0 Å². The summed E-state index contributed by atoms with van der Waals surface area (Å²) in [5.74, 6) is 0.541. The van der Waals surface area contributed by atoms with Crippen molar-refractivity contribution in [1.29, 1.82) is 0 Å². The van der Waals surface area contributed by atoms with E-state index in [-0.39, 0.29) is 18.2 Å². The molecular weight excluding hydrogens is 460 g/mol. The Labute approximate surface area is 213 Å². The van der Waals surface area contributed by atoms with Crippen LogP contribution in [0.1, 0.15) is 36.5 Å². The van der Waals surface area contributed by atoms with Crippen LogP contribution in [-0.4, -0.2) is 35.9 Å². The fraction of sp³-hybridized carbons (Fsp3) is 0.310. The second kappa shape index (κ2) is 13.5. The number of halogens is 1. The van der Waals surface area contributed by atoms with Crippen LogP contribution in [0.4, 0.5) is 0 Å². The Morgan fingerprint density at radius 1 is 0.943 bits per heavy atom. The highest BCUT2D eigenvalue weighted by Crippen LogP contribution is 2.18. The van der Waals surface area contributed by atoms with Gasteiger partial charge in [0.25, 0.3) is 0 Å². The van der Waals surface area contributed by atoms with Gasteiger partial charge < -0.3 is 15.0 Å². The third kappa shape index (κ3) is 8.45. The maximum absolute atomic E-state index is 13.5. The fourth-order valence-electron chi connectivity index (χ4n) is 3.82. The Bertz CT molecular complexity index is 1070. The van der Waals surface area contributed by atoms with Gasteiger partial charge in [0.2, 0.25) is 11.8 Å². The lowest BCUT2D eigenvalue weighted by Gasteiger charge is -2.31. The zero-order valence-corrected chi connectivity index (χ0v) is 21.1. The molecule has 1 unspecified atom stereocenters. The van der Waals surface area contributed by atoms with Crippen molar-refractivity contribution >= 4 is 23.4 Å². The molecule has 5 nitrogen and oxygen atoms in total. The molecule has 184 valence electrons. The molecule has 35 heavy (non-hydrogen) atoms. The largest absolute Gasteiger partial charge is 0.494 e. The highest BCUT2D eigenvalue weighted by molar-refractivity contribution is 6.30. The molecule has 0 saturated carbocycles. The standard InChI is InChI=1S/C29H33ClN2O3/c1-3-31-29(34)27(20-23-8-5-4-6-9-23)32(21-24-13-15-25(30)16-14-24)28(33)10-7-19-35-26-17-11-22(2)12-18-26/h4-6,8-9,11-18,27H,3,7,10,19-21H2,1-2H3,(H,31,34). The molecule has 2 amide bonds. The average molecular weight is 493 g/mol. The normalized spacial score (nSPS) is 11.5. The summed E-state index contributed by atoms with van der Waals surface area (Å²) in [6.45, 7) is 5.15. The van der Waals surface area contributed by atoms with Crippen LogP contribution < -0.4 is 10.1 Å². The van der Waals surface area contributed by atoms with E-state index in [4.69, 9.17) is 16.3 Å². The van der Waals surface area contributed by atoms with Crippen molar-refractivity contribution in [2.45, 2.75) is 45.7 Å². The lowest BCUT2D eigenvalue weighted by Crippen LogP contribution is -2.50. The maximum Gasteiger partial charge on any atom is 0.243 e. The molecule has 0 radical (unpaired) electrons. The minimum Gasteiger partial charge on any atom is -0.494 e. The van der Waals surface area contributed by atoms with Crippen molar-refractivity contribution in [3.05, 3.63) is 101 Å². The van der Waals surface area contributed by atoms with Crippen LogP contribution in [0.2, 0.25) is 5.02 Å². The first-order chi connectivity index (χ1) is 17.0. The molecule has 3 aromatic carbocycles. The monoisotopic (exact) mass is 492 g/mol. The number of likely N-dealkylation sites (N-methyl/N-ethyl adjacent to an activating group) is 1. The van der Waals surface area contributed by atoms with Gasteiger partial charge in [-0.3, -0.25) is 9.59 Å². The van der Waals surface area contributed by atoms with Crippen LogP contribution in [0, 0.1) is 6.92 Å². The predicted molar refractivity (Wildman–Crippen MR) is 141 cm³/mol. The summed E-state index contributed by atoms with van der Waals surface area (Å²) in [4.78, 5) is 28.3. The minimum absolute atomic E-state index is 0.0837. The number of benzene rings is 3. The highest BCUT2D eigenvalue weighted by atomic mass is 35.5. The highest BCUT2D eigenvalue weighted by Gasteiger charge is 2.29. The quantitative estimate of drug-likeness (QED) is 0.335. The number of rotatable bonds is 12. The summed E-state index contributed by atoms with van der Waals surface area (Å²) in [5.41, 5.74) is 3.08. The molecule has 0 aliphatic carbocycles. The third-order valence-electron chi connectivity index (χ3n) is 5.71. The third-order valence-corrected chi connectivity index (χ3v) is 5.96. The molecule has 6 heteroatoms. The van der Waals surface area contributed by atoms with E-state index in [0.29, 0.717) is 37.6 Å². The van der Waals surface area contributed by atoms with Gasteiger partial charge in [0.15, 0.2) is 0 Å². The number of hydrogen-bond acceptors (Lipinski definition) is 3. The molecule has 0 saturated heterocycles. The molecule has 0 aromatic heterocycles. The number of nitrogens with zero attached hydrogens (tertiary/aromatic N) is 1. The molecular formula is C29H33ClN2O3. The van der Waals surface area contributed by atoms with Crippen molar-refractivity contribution in [3.8, 4) is 5.75 Å². The number of carbonyl (C=O) groups excluding carboxylic acids is 2. The van der Waals surface area contributed by atoms with E-state index in [1.54, 1.807) is 17.0 Å². The Kier molecular flexibility index (Phi) is 10.2. The van der Waals surface area contributed by atoms with Crippen LogP contribution in [0.5, 0.6) is 5.75 Å². The van der Waals surface area contributed by atoms with E-state index in [9.17, 15) is 9.59 Å². The molecule has 3 rings (SSSR count). The van der Waals surface area contributed by atoms with Gasteiger partial charge in [-0.05, 0) is 55.7 Å². The molecule has 0 fully saturated rings. The first-order valence-corrected chi connectivity index (χ1v) is 12.4. The number of amides is 2. The van der Waals surface area contributed by atoms with Gasteiger partial charge in [-0.15, -0.1) is 0 Å². The Morgan fingerprint density at radius 2 is 1.63 bits per heavy atom. The van der Waals surface area contributed by atoms with Crippen LogP contribution in [0.15, 0.2) is 78.9 Å². The summed E-state index contributed by atoms with van der Waals surface area (Å²) in [6.07, 6.45) is 1.27. The molecule has 0 aliphatic rings. The number of ether oxygens (including phenoxy) is 1. The van der Waals surface area contributed by atoms with Crippen molar-refractivity contribution in [3.63, 3.8) is 0 Å². The van der Waals surface area contributed by atoms with E-state index in [1.165, 1.54) is 5.56 Å². The second-order valence-corrected chi connectivity index (χ2v) is 8.95. The van der Waals surface area contributed by atoms with Crippen molar-refractivity contribution in [1.82, 2.24) is 10.2 Å². The summed E-state index contributed by atoms with van der Waals surface area (Å²) in [5, 5.41) is 3.54. The van der Waals surface area contributed by atoms with E-state index >= 15 is 0 Å². The van der Waals surface area contributed by atoms with Gasteiger partial charge in [0.05, 0.1) is 6.61 Å². The Hall–Kier alpha value is -3.31. The molecule has 3 aromatic rings. The van der Waals surface area contributed by atoms with Crippen molar-refractivity contribution < 1.29 is 14.3 Å². The van der Waals surface area contributed by atoms with Crippen LogP contribution in [-0.2, 0) is 22.6 Å². The molecule has 1 atom stereocenters. The molecule has 0 spiro atoms. The zero-order chi connectivity index (χ0) is 25.0. The van der Waals surface area contributed by atoms with Crippen molar-refractivity contribution in [2.75, 3.05) is 13.2 Å². The lowest BCUT2D eigenvalue weighted by atomic mass is 10.0. The zero-order valence-electron chi connectivity index (χ0n) is 20.4. The van der Waals surface area contributed by atoms with E-state index in [1.807, 2.05) is 80.6 Å². The smallest absolute Gasteiger partial charge is 0.243 e. The number of aryl methyl sites for hydroxylation is 1. The number of hydrogen-bond donors (Lipinski definition) is 1. The van der Waals surface area contributed by atoms with Gasteiger partial charge in [-0.2, -0.15) is 0 Å². The topological polar surface area (TPSA) is 58.6 Å². The maximum atomic E-state index is 13.5. The van der Waals surface area contributed by atoms with Gasteiger partial charge in [0.1, 0.15) is 11.8 Å². The van der Waals surface area contributed by atoms with Crippen LogP contribution in [0.25, 0.3) is 0 Å². The predicted octanol–water partition coefficient (Wildman–Crippen LogP) is 5.58. The van der Waals surface area contributed by atoms with E-state index in [2.05, 4.69) is 5.32 Å². The van der Waals surface area contributed by atoms with Gasteiger partial charge in [-0.1, -0.05) is 71.8 Å². The van der Waals surface area contributed by atoms with Gasteiger partial charge >= 0.3 is 0 Å². The number of nitrogens with one attached hydrogen (secondary N) is 1.